The summed E-state index contributed by atoms with van der Waals surface area (Å²) in [5.74, 6) is -1.23. The first kappa shape index (κ1) is 14.3. The maximum absolute atomic E-state index is 11.9. The molecule has 0 bridgehead atoms. The van der Waals surface area contributed by atoms with Crippen LogP contribution in [0.3, 0.4) is 0 Å². The number of para-hydroxylation sites is 1. The van der Waals surface area contributed by atoms with Gasteiger partial charge in [0.25, 0.3) is 0 Å². The number of aromatic carboxylic acids is 1. The molecule has 0 aliphatic carbocycles. The number of fused-ring (bicyclic) bond motifs is 1. The minimum Gasteiger partial charge on any atom is -0.478 e. The summed E-state index contributed by atoms with van der Waals surface area (Å²) in [5, 5.41) is 11.4. The number of primary amides is 1. The van der Waals surface area contributed by atoms with Crippen LogP contribution in [0.5, 0.6) is 0 Å². The van der Waals surface area contributed by atoms with Crippen molar-refractivity contribution in [1.29, 1.82) is 0 Å². The third-order valence-electron chi connectivity index (χ3n) is 2.88. The van der Waals surface area contributed by atoms with Crippen LogP contribution in [-0.4, -0.2) is 33.2 Å². The number of nitrogens with one attached hydrogen (secondary N) is 2. The van der Waals surface area contributed by atoms with E-state index in [1.807, 2.05) is 0 Å². The molecule has 0 saturated heterocycles. The molecule has 2 aromatic rings. The highest BCUT2D eigenvalue weighted by atomic mass is 16.4. The molecule has 1 aromatic heterocycles. The summed E-state index contributed by atoms with van der Waals surface area (Å²) in [6.07, 6.45) is 0. The Hall–Kier alpha value is -3.10. The highest BCUT2D eigenvalue weighted by molar-refractivity contribution is 6.00. The molecule has 0 atom stereocenters. The summed E-state index contributed by atoms with van der Waals surface area (Å²) < 4.78 is 1.09. The number of nitrogens with zero attached hydrogens (tertiary/aromatic N) is 1. The minimum atomic E-state index is -1.23. The van der Waals surface area contributed by atoms with Crippen LogP contribution in [0.2, 0.25) is 0 Å². The molecular formula is C12H12N4O5. The van der Waals surface area contributed by atoms with Gasteiger partial charge in [-0.1, -0.05) is 6.07 Å². The summed E-state index contributed by atoms with van der Waals surface area (Å²) in [5.41, 5.74) is 3.33. The van der Waals surface area contributed by atoms with Gasteiger partial charge in [0.15, 0.2) is 0 Å². The normalized spacial score (nSPS) is 10.5. The summed E-state index contributed by atoms with van der Waals surface area (Å²) in [6, 6.07) is 3.52. The van der Waals surface area contributed by atoms with Gasteiger partial charge in [-0.15, -0.1) is 0 Å². The van der Waals surface area contributed by atoms with Gasteiger partial charge in [-0.25, -0.2) is 9.59 Å². The number of aromatic nitrogens is 2. The number of nitrogens with two attached hydrogens (primary N) is 1. The van der Waals surface area contributed by atoms with Crippen LogP contribution in [0.1, 0.15) is 10.4 Å². The van der Waals surface area contributed by atoms with Crippen LogP contribution < -0.4 is 22.2 Å². The van der Waals surface area contributed by atoms with E-state index in [1.165, 1.54) is 18.2 Å². The van der Waals surface area contributed by atoms with Gasteiger partial charge < -0.3 is 25.7 Å². The summed E-state index contributed by atoms with van der Waals surface area (Å²) >= 11 is 0. The lowest BCUT2D eigenvalue weighted by Gasteiger charge is -2.11. The lowest BCUT2D eigenvalue weighted by atomic mass is 10.1. The predicted molar refractivity (Wildman–Crippen MR) is 73.4 cm³/mol. The number of rotatable bonds is 4. The number of carbonyl (C=O) groups excluding carboxylic acids is 1. The number of hydrogen-bond donors (Lipinski definition) is 4. The first-order valence-electron chi connectivity index (χ1n) is 5.94. The maximum Gasteiger partial charge on any atom is 0.337 e. The number of carboxylic acid groups (broad SMARTS) is 1. The first-order chi connectivity index (χ1) is 9.91. The molecule has 0 aliphatic heterocycles. The van der Waals surface area contributed by atoms with Crippen LogP contribution in [-0.2, 0) is 6.54 Å². The van der Waals surface area contributed by atoms with E-state index in [0.717, 1.165) is 4.57 Å². The molecule has 1 heterocycles. The summed E-state index contributed by atoms with van der Waals surface area (Å²) in [6.45, 7) is 0.0242. The van der Waals surface area contributed by atoms with E-state index in [-0.39, 0.29) is 29.7 Å². The first-order valence-corrected chi connectivity index (χ1v) is 5.94. The highest BCUT2D eigenvalue weighted by Crippen LogP contribution is 2.13. The molecule has 0 saturated carbocycles. The number of aromatic amines is 1. The molecule has 2 rings (SSSR count). The van der Waals surface area contributed by atoms with Crippen molar-refractivity contribution in [1.82, 2.24) is 14.9 Å². The molecular weight excluding hydrogens is 280 g/mol. The number of H-pyrrole nitrogens is 1. The smallest absolute Gasteiger partial charge is 0.337 e. The van der Waals surface area contributed by atoms with Gasteiger partial charge in [0.05, 0.1) is 16.6 Å². The van der Waals surface area contributed by atoms with Gasteiger partial charge >= 0.3 is 23.1 Å². The molecule has 9 nitrogen and oxygen atoms in total. The Morgan fingerprint density at radius 2 is 2.05 bits per heavy atom. The highest BCUT2D eigenvalue weighted by Gasteiger charge is 2.14. The lowest BCUT2D eigenvalue weighted by molar-refractivity contribution is 0.0698. The Morgan fingerprint density at radius 3 is 2.67 bits per heavy atom. The number of amides is 2. The number of urea groups is 1. The van der Waals surface area contributed by atoms with Crippen LogP contribution in [0.25, 0.3) is 11.0 Å². The molecule has 2 amide bonds. The zero-order valence-electron chi connectivity index (χ0n) is 10.8. The predicted octanol–water partition coefficient (Wildman–Crippen LogP) is -0.944. The van der Waals surface area contributed by atoms with E-state index in [0.29, 0.717) is 0 Å². The van der Waals surface area contributed by atoms with Gasteiger partial charge in [0.1, 0.15) is 0 Å². The Balaban J connectivity index is 2.63. The van der Waals surface area contributed by atoms with Crippen LogP contribution in [0.15, 0.2) is 27.8 Å². The standard InChI is InChI=1S/C12H12N4O5/c13-12(21)14-4-5-16-7-3-1-2-6(11(19)20)8(7)15-9(17)10(16)18/h1-3H,4-5H2,(H,15,17)(H,19,20)(H3,13,14,21). The van der Waals surface area contributed by atoms with Crippen molar-refractivity contribution in [2.24, 2.45) is 5.73 Å². The number of carboxylic acids is 1. The molecule has 21 heavy (non-hydrogen) atoms. The fourth-order valence-corrected chi connectivity index (χ4v) is 1.99. The number of benzene rings is 1. The lowest BCUT2D eigenvalue weighted by Crippen LogP contribution is -2.40. The van der Waals surface area contributed by atoms with Gasteiger partial charge in [0, 0.05) is 13.1 Å². The average molecular weight is 292 g/mol. The second-order valence-corrected chi connectivity index (χ2v) is 4.21. The van der Waals surface area contributed by atoms with Gasteiger partial charge in [-0.2, -0.15) is 0 Å². The molecule has 110 valence electrons. The zero-order chi connectivity index (χ0) is 15.6. The van der Waals surface area contributed by atoms with Gasteiger partial charge in [-0.3, -0.25) is 9.59 Å². The average Bonchev–Trinajstić information content (AvgIpc) is 2.42. The van der Waals surface area contributed by atoms with Crippen LogP contribution in [0.4, 0.5) is 4.79 Å². The van der Waals surface area contributed by atoms with Crippen molar-refractivity contribution in [2.75, 3.05) is 6.54 Å². The number of hydrogen-bond acceptors (Lipinski definition) is 4. The molecule has 0 unspecified atom stereocenters. The SMILES string of the molecule is NC(=O)NCCn1c(=O)c(=O)[nH]c2c(C(=O)O)cccc21. The summed E-state index contributed by atoms with van der Waals surface area (Å²) in [4.78, 5) is 47.5. The Kier molecular flexibility index (Phi) is 3.74. The van der Waals surface area contributed by atoms with E-state index in [9.17, 15) is 19.2 Å². The second kappa shape index (κ2) is 5.49. The third-order valence-corrected chi connectivity index (χ3v) is 2.88. The Bertz CT molecular complexity index is 836. The van der Waals surface area contributed by atoms with Crippen molar-refractivity contribution in [3.8, 4) is 0 Å². The van der Waals surface area contributed by atoms with Crippen molar-refractivity contribution in [3.05, 3.63) is 44.5 Å². The molecule has 9 heteroatoms. The topological polar surface area (TPSA) is 147 Å². The molecule has 0 spiro atoms. The van der Waals surface area contributed by atoms with Gasteiger partial charge in [0.2, 0.25) is 0 Å². The molecule has 1 aromatic carbocycles. The van der Waals surface area contributed by atoms with E-state index in [2.05, 4.69) is 10.3 Å². The minimum absolute atomic E-state index is 0.00866. The fraction of sp³-hybridized carbons (Fsp3) is 0.167. The third kappa shape index (κ3) is 2.76. The van der Waals surface area contributed by atoms with E-state index < -0.39 is 23.1 Å². The van der Waals surface area contributed by atoms with E-state index in [1.54, 1.807) is 0 Å². The second-order valence-electron chi connectivity index (χ2n) is 4.21. The largest absolute Gasteiger partial charge is 0.478 e. The monoisotopic (exact) mass is 292 g/mol. The van der Waals surface area contributed by atoms with Crippen molar-refractivity contribution < 1.29 is 14.7 Å². The molecule has 0 aliphatic rings. The Labute approximate surface area is 117 Å². The molecule has 5 N–H and O–H groups in total. The van der Waals surface area contributed by atoms with Crippen molar-refractivity contribution in [2.45, 2.75) is 6.54 Å². The van der Waals surface area contributed by atoms with Crippen molar-refractivity contribution >= 4 is 23.0 Å². The Morgan fingerprint density at radius 1 is 1.33 bits per heavy atom. The van der Waals surface area contributed by atoms with E-state index >= 15 is 0 Å². The van der Waals surface area contributed by atoms with Crippen LogP contribution >= 0.6 is 0 Å². The summed E-state index contributed by atoms with van der Waals surface area (Å²) in [7, 11) is 0. The molecule has 0 fully saturated rings. The number of carbonyl (C=O) groups is 2. The zero-order valence-corrected chi connectivity index (χ0v) is 10.8. The van der Waals surface area contributed by atoms with Crippen molar-refractivity contribution in [3.63, 3.8) is 0 Å². The fourth-order valence-electron chi connectivity index (χ4n) is 1.99. The van der Waals surface area contributed by atoms with Gasteiger partial charge in [-0.05, 0) is 12.1 Å². The van der Waals surface area contributed by atoms with E-state index in [4.69, 9.17) is 10.8 Å². The molecule has 0 radical (unpaired) electrons. The quantitative estimate of drug-likeness (QED) is 0.537. The van der Waals surface area contributed by atoms with Crippen LogP contribution in [0, 0.1) is 0 Å². The maximum atomic E-state index is 11.9.